The highest BCUT2D eigenvalue weighted by Crippen LogP contribution is 2.17. The molecular weight excluding hydrogens is 348 g/mol. The van der Waals surface area contributed by atoms with Crippen molar-refractivity contribution in [2.45, 2.75) is 18.4 Å². The zero-order chi connectivity index (χ0) is 17.9. The molecule has 0 fully saturated rings. The van der Waals surface area contributed by atoms with E-state index in [4.69, 9.17) is 11.6 Å². The van der Waals surface area contributed by atoms with E-state index in [9.17, 15) is 13.2 Å². The van der Waals surface area contributed by atoms with Gasteiger partial charge in [0.15, 0.2) is 0 Å². The normalized spacial score (nSPS) is 11.5. The Kier molecular flexibility index (Phi) is 5.64. The number of benzene rings is 2. The first-order valence-corrected chi connectivity index (χ1v) is 9.12. The summed E-state index contributed by atoms with van der Waals surface area (Å²) in [6.45, 7) is 2.50. The molecule has 0 spiro atoms. The van der Waals surface area contributed by atoms with E-state index in [1.807, 2.05) is 19.0 Å². The highest BCUT2D eigenvalue weighted by Gasteiger charge is 2.19. The molecule has 24 heavy (non-hydrogen) atoms. The Balaban J connectivity index is 2.18. The highest BCUT2D eigenvalue weighted by atomic mass is 35.5. The summed E-state index contributed by atoms with van der Waals surface area (Å²) in [5.74, 6) is -0.714. The second-order valence-electron chi connectivity index (χ2n) is 5.78. The maximum absolute atomic E-state index is 12.3. The fourth-order valence-electron chi connectivity index (χ4n) is 2.11. The van der Waals surface area contributed by atoms with Crippen LogP contribution in [0.5, 0.6) is 0 Å². The zero-order valence-corrected chi connectivity index (χ0v) is 15.3. The molecule has 0 unspecified atom stereocenters. The van der Waals surface area contributed by atoms with Crippen LogP contribution >= 0.6 is 11.6 Å². The lowest BCUT2D eigenvalue weighted by Crippen LogP contribution is -2.30. The Bertz CT molecular complexity index is 847. The van der Waals surface area contributed by atoms with Crippen LogP contribution in [0, 0.1) is 6.92 Å². The maximum atomic E-state index is 12.3. The number of halogens is 1. The molecule has 0 atom stereocenters. The second kappa shape index (κ2) is 7.34. The van der Waals surface area contributed by atoms with Crippen LogP contribution < -0.4 is 4.72 Å². The van der Waals surface area contributed by atoms with Crippen molar-refractivity contribution in [3.8, 4) is 0 Å². The summed E-state index contributed by atoms with van der Waals surface area (Å²) < 4.78 is 26.7. The highest BCUT2D eigenvalue weighted by molar-refractivity contribution is 7.90. The number of carbonyl (C=O) groups excluding carboxylic acids is 1. The minimum absolute atomic E-state index is 0.0385. The third-order valence-electron chi connectivity index (χ3n) is 3.39. The molecule has 0 heterocycles. The van der Waals surface area contributed by atoms with E-state index in [0.29, 0.717) is 11.6 Å². The first-order chi connectivity index (χ1) is 11.2. The molecule has 0 aliphatic heterocycles. The molecular formula is C17H19ClN2O3S. The molecule has 0 aliphatic rings. The third kappa shape index (κ3) is 4.56. The minimum Gasteiger partial charge on any atom is -0.305 e. The molecule has 2 aromatic carbocycles. The monoisotopic (exact) mass is 366 g/mol. The van der Waals surface area contributed by atoms with Crippen LogP contribution in [0.15, 0.2) is 47.4 Å². The largest absolute Gasteiger partial charge is 0.305 e. The summed E-state index contributed by atoms with van der Waals surface area (Å²) in [4.78, 5) is 14.2. The Hall–Kier alpha value is -1.89. The molecule has 0 aromatic heterocycles. The van der Waals surface area contributed by atoms with Gasteiger partial charge in [-0.3, -0.25) is 4.79 Å². The van der Waals surface area contributed by atoms with Crippen molar-refractivity contribution in [1.29, 1.82) is 0 Å². The van der Waals surface area contributed by atoms with Gasteiger partial charge in [-0.2, -0.15) is 0 Å². The molecule has 0 aliphatic carbocycles. The average Bonchev–Trinajstić information content (AvgIpc) is 2.49. The molecule has 0 radical (unpaired) electrons. The van der Waals surface area contributed by atoms with Crippen molar-refractivity contribution in [3.05, 3.63) is 64.2 Å². The van der Waals surface area contributed by atoms with Gasteiger partial charge in [0.2, 0.25) is 0 Å². The number of hydrogen-bond donors (Lipinski definition) is 1. The van der Waals surface area contributed by atoms with Gasteiger partial charge < -0.3 is 4.90 Å². The number of hydrogen-bond acceptors (Lipinski definition) is 4. The van der Waals surface area contributed by atoms with Gasteiger partial charge in [0.25, 0.3) is 15.9 Å². The van der Waals surface area contributed by atoms with Crippen molar-refractivity contribution >= 4 is 27.5 Å². The van der Waals surface area contributed by atoms with Gasteiger partial charge in [0.05, 0.1) is 4.90 Å². The number of nitrogens with zero attached hydrogens (tertiary/aromatic N) is 1. The van der Waals surface area contributed by atoms with E-state index < -0.39 is 15.9 Å². The molecule has 128 valence electrons. The minimum atomic E-state index is -3.93. The number of amides is 1. The predicted octanol–water partition coefficient (Wildman–Crippen LogP) is 2.83. The Morgan fingerprint density at radius 3 is 2.29 bits per heavy atom. The van der Waals surface area contributed by atoms with Crippen molar-refractivity contribution < 1.29 is 13.2 Å². The van der Waals surface area contributed by atoms with Gasteiger partial charge >= 0.3 is 0 Å². The van der Waals surface area contributed by atoms with Gasteiger partial charge in [-0.15, -0.1) is 0 Å². The fourth-order valence-corrected chi connectivity index (χ4v) is 3.27. The number of rotatable bonds is 5. The van der Waals surface area contributed by atoms with Crippen LogP contribution in [0.3, 0.4) is 0 Å². The van der Waals surface area contributed by atoms with E-state index in [1.54, 1.807) is 25.1 Å². The van der Waals surface area contributed by atoms with Crippen LogP contribution in [0.4, 0.5) is 0 Å². The average molecular weight is 367 g/mol. The molecule has 5 nitrogen and oxygen atoms in total. The van der Waals surface area contributed by atoms with Crippen LogP contribution in [-0.4, -0.2) is 33.3 Å². The van der Waals surface area contributed by atoms with E-state index in [0.717, 1.165) is 11.1 Å². The summed E-state index contributed by atoms with van der Waals surface area (Å²) in [5.41, 5.74) is 1.99. The molecule has 7 heteroatoms. The summed E-state index contributed by atoms with van der Waals surface area (Å²) in [6.07, 6.45) is 0. The summed E-state index contributed by atoms with van der Waals surface area (Å²) in [5, 5.41) is 0.410. The number of sulfonamides is 1. The van der Waals surface area contributed by atoms with Crippen LogP contribution in [-0.2, 0) is 16.6 Å². The SMILES string of the molecule is Cc1ccc(C(=O)NS(=O)(=O)c2ccc(CN(C)C)cc2)cc1Cl. The van der Waals surface area contributed by atoms with Gasteiger partial charge in [-0.1, -0.05) is 29.8 Å². The Morgan fingerprint density at radius 2 is 1.75 bits per heavy atom. The maximum Gasteiger partial charge on any atom is 0.265 e. The number of nitrogens with one attached hydrogen (secondary N) is 1. The summed E-state index contributed by atoms with van der Waals surface area (Å²) in [6, 6.07) is 11.1. The van der Waals surface area contributed by atoms with E-state index in [2.05, 4.69) is 4.72 Å². The fraction of sp³-hybridized carbons (Fsp3) is 0.235. The summed E-state index contributed by atoms with van der Waals surface area (Å²) >= 11 is 5.97. The van der Waals surface area contributed by atoms with Crippen LogP contribution in [0.2, 0.25) is 5.02 Å². The third-order valence-corrected chi connectivity index (χ3v) is 5.15. The second-order valence-corrected chi connectivity index (χ2v) is 7.87. The first kappa shape index (κ1) is 18.4. The Morgan fingerprint density at radius 1 is 1.12 bits per heavy atom. The van der Waals surface area contributed by atoms with E-state index in [-0.39, 0.29) is 10.5 Å². The van der Waals surface area contributed by atoms with E-state index in [1.165, 1.54) is 24.3 Å². The molecule has 1 N–H and O–H groups in total. The predicted molar refractivity (Wildman–Crippen MR) is 94.7 cm³/mol. The number of carbonyl (C=O) groups is 1. The van der Waals surface area contributed by atoms with Crippen molar-refractivity contribution in [1.82, 2.24) is 9.62 Å². The molecule has 1 amide bonds. The Labute approximate surface area is 147 Å². The van der Waals surface area contributed by atoms with Gasteiger partial charge in [0.1, 0.15) is 0 Å². The van der Waals surface area contributed by atoms with Crippen molar-refractivity contribution in [2.75, 3.05) is 14.1 Å². The number of aryl methyl sites for hydroxylation is 1. The van der Waals surface area contributed by atoms with Crippen molar-refractivity contribution in [3.63, 3.8) is 0 Å². The van der Waals surface area contributed by atoms with Crippen LogP contribution in [0.1, 0.15) is 21.5 Å². The quantitative estimate of drug-likeness (QED) is 0.883. The lowest BCUT2D eigenvalue weighted by Gasteiger charge is -2.11. The molecule has 0 saturated carbocycles. The molecule has 0 saturated heterocycles. The first-order valence-electron chi connectivity index (χ1n) is 7.26. The topological polar surface area (TPSA) is 66.5 Å². The lowest BCUT2D eigenvalue weighted by atomic mass is 10.1. The summed E-state index contributed by atoms with van der Waals surface area (Å²) in [7, 11) is -0.0758. The van der Waals surface area contributed by atoms with E-state index >= 15 is 0 Å². The molecule has 2 aromatic rings. The zero-order valence-electron chi connectivity index (χ0n) is 13.7. The molecule has 0 bridgehead atoms. The van der Waals surface area contributed by atoms with Crippen molar-refractivity contribution in [2.24, 2.45) is 0 Å². The standard InChI is InChI=1S/C17H19ClN2O3S/c1-12-4-7-14(10-16(12)18)17(21)19-24(22,23)15-8-5-13(6-9-15)11-20(2)3/h4-10H,11H2,1-3H3,(H,19,21). The molecule has 2 rings (SSSR count). The van der Waals surface area contributed by atoms with Gasteiger partial charge in [0, 0.05) is 17.1 Å². The van der Waals surface area contributed by atoms with Gasteiger partial charge in [-0.25, -0.2) is 13.1 Å². The lowest BCUT2D eigenvalue weighted by molar-refractivity contribution is 0.0981. The van der Waals surface area contributed by atoms with Crippen LogP contribution in [0.25, 0.3) is 0 Å². The smallest absolute Gasteiger partial charge is 0.265 e. The van der Waals surface area contributed by atoms with Gasteiger partial charge in [-0.05, 0) is 56.4 Å².